The molecule has 30 heavy (non-hydrogen) atoms. The number of phosphoric acid groups is 1. The number of nitrogens with zero attached hydrogens (tertiary/aromatic N) is 1. The molecule has 16 heteroatoms. The highest BCUT2D eigenvalue weighted by molar-refractivity contribution is 7.48. The third-order valence-electron chi connectivity index (χ3n) is 3.39. The van der Waals surface area contributed by atoms with Crippen molar-refractivity contribution in [1.82, 2.24) is 9.55 Å². The minimum Gasteiger partial charge on any atom is -0.344 e. The number of aromatic nitrogens is 2. The van der Waals surface area contributed by atoms with Crippen LogP contribution in [0.3, 0.4) is 0 Å². The van der Waals surface area contributed by atoms with Crippen LogP contribution in [0.1, 0.15) is 11.8 Å². The van der Waals surface area contributed by atoms with E-state index in [0.717, 1.165) is 0 Å². The van der Waals surface area contributed by atoms with Gasteiger partial charge in [-0.2, -0.15) is 0 Å². The normalized spacial score (nSPS) is 20.1. The fourth-order valence-electron chi connectivity index (χ4n) is 2.10. The molecule has 9 nitrogen and oxygen atoms in total. The van der Waals surface area contributed by atoms with E-state index >= 15 is 0 Å². The van der Waals surface area contributed by atoms with Crippen LogP contribution in [-0.2, 0) is 22.9 Å². The lowest BCUT2D eigenvalue weighted by Gasteiger charge is -2.23. The predicted molar refractivity (Wildman–Crippen MR) is 115 cm³/mol. The number of alkyl halides is 6. The maximum Gasteiger partial charge on any atom is 0.475 e. The van der Waals surface area contributed by atoms with E-state index in [1.165, 1.54) is 17.7 Å². The van der Waals surface area contributed by atoms with E-state index in [1.807, 2.05) is 0 Å². The first-order valence-corrected chi connectivity index (χ1v) is 11.7. The average molecular weight is 567 g/mol. The SMILES string of the molecule is Cc1cn([C@H]2C=C[C@@H](COP(=O)(OCC(Cl)(Cl)Cl)OCC(Cl)(Cl)Cl)O2)c(=O)[nH]c1=O. The van der Waals surface area contributed by atoms with Gasteiger partial charge in [-0.1, -0.05) is 75.7 Å². The van der Waals surface area contributed by atoms with Gasteiger partial charge in [0.15, 0.2) is 6.23 Å². The number of hydrogen-bond acceptors (Lipinski definition) is 7. The Hall–Kier alpha value is 0.230. The second-order valence-corrected chi connectivity index (χ2v) is 12.7. The number of hydrogen-bond donors (Lipinski definition) is 1. The molecule has 0 fully saturated rings. The van der Waals surface area contributed by atoms with Crippen LogP contribution in [0.4, 0.5) is 0 Å². The average Bonchev–Trinajstić information content (AvgIpc) is 3.08. The molecule has 0 unspecified atom stereocenters. The standard InChI is InChI=1S/C14H15Cl6N2O7P/c1-8-4-22(12(24)21-11(8)23)10-3-2-9(29-10)5-26-30(25,27-6-13(15,16)17)28-7-14(18,19)20/h2-4,9-10H,5-7H2,1H3,(H,21,23,24)/t9-,10+/m0/s1. The Morgan fingerprint density at radius 3 is 2.17 bits per heavy atom. The summed E-state index contributed by atoms with van der Waals surface area (Å²) in [5, 5.41) is 0. The second-order valence-electron chi connectivity index (χ2n) is 5.95. The van der Waals surface area contributed by atoms with Crippen molar-refractivity contribution in [3.05, 3.63) is 44.8 Å². The van der Waals surface area contributed by atoms with Crippen LogP contribution in [0.15, 0.2) is 27.9 Å². The summed E-state index contributed by atoms with van der Waals surface area (Å²) < 4.78 is 30.9. The highest BCUT2D eigenvalue weighted by atomic mass is 35.6. The maximum atomic E-state index is 12.8. The summed E-state index contributed by atoms with van der Waals surface area (Å²) in [5.74, 6) is 0. The Balaban J connectivity index is 2.02. The summed E-state index contributed by atoms with van der Waals surface area (Å²) in [6.07, 6.45) is 2.85. The summed E-state index contributed by atoms with van der Waals surface area (Å²) in [6.45, 7) is -0.0645. The van der Waals surface area contributed by atoms with Gasteiger partial charge in [0.2, 0.25) is 7.59 Å². The Bertz CT molecular complexity index is 916. The van der Waals surface area contributed by atoms with Gasteiger partial charge in [-0.25, -0.2) is 9.36 Å². The van der Waals surface area contributed by atoms with Gasteiger partial charge in [0.25, 0.3) is 5.56 Å². The molecule has 0 spiro atoms. The zero-order valence-electron chi connectivity index (χ0n) is 15.0. The smallest absolute Gasteiger partial charge is 0.344 e. The van der Waals surface area contributed by atoms with Crippen molar-refractivity contribution < 1.29 is 22.9 Å². The van der Waals surface area contributed by atoms with Crippen molar-refractivity contribution in [2.75, 3.05) is 19.8 Å². The highest BCUT2D eigenvalue weighted by Gasteiger charge is 2.36. The first kappa shape index (κ1) is 26.5. The van der Waals surface area contributed by atoms with Gasteiger partial charge in [0.05, 0.1) is 6.61 Å². The number of rotatable bonds is 8. The summed E-state index contributed by atoms with van der Waals surface area (Å²) in [6, 6.07) is 0. The summed E-state index contributed by atoms with van der Waals surface area (Å²) >= 11 is 33.5. The second kappa shape index (κ2) is 10.4. The molecule has 0 aromatic carbocycles. The number of aromatic amines is 1. The van der Waals surface area contributed by atoms with Crippen molar-refractivity contribution >= 4 is 77.4 Å². The molecule has 0 bridgehead atoms. The number of aryl methyl sites for hydroxylation is 1. The topological polar surface area (TPSA) is 109 Å². The van der Waals surface area contributed by atoms with Crippen molar-refractivity contribution in [3.8, 4) is 0 Å². The van der Waals surface area contributed by atoms with Crippen LogP contribution in [0.2, 0.25) is 0 Å². The zero-order chi connectivity index (χ0) is 22.7. The monoisotopic (exact) mass is 564 g/mol. The van der Waals surface area contributed by atoms with Crippen LogP contribution in [0, 0.1) is 6.92 Å². The quantitative estimate of drug-likeness (QED) is 0.285. The van der Waals surface area contributed by atoms with Gasteiger partial charge in [0.1, 0.15) is 19.3 Å². The molecule has 1 aliphatic rings. The molecule has 0 amide bonds. The van der Waals surface area contributed by atoms with Crippen molar-refractivity contribution in [3.63, 3.8) is 0 Å². The Morgan fingerprint density at radius 2 is 1.63 bits per heavy atom. The molecule has 2 rings (SSSR count). The van der Waals surface area contributed by atoms with E-state index < -0.39 is 52.2 Å². The largest absolute Gasteiger partial charge is 0.475 e. The Labute approximate surface area is 200 Å². The van der Waals surface area contributed by atoms with E-state index in [4.69, 9.17) is 87.9 Å². The minimum absolute atomic E-state index is 0.316. The summed E-state index contributed by atoms with van der Waals surface area (Å²) in [5.41, 5.74) is -0.850. The molecular formula is C14H15Cl6N2O7P. The first-order valence-electron chi connectivity index (χ1n) is 8.00. The molecule has 1 aliphatic heterocycles. The lowest BCUT2D eigenvalue weighted by Crippen LogP contribution is -2.33. The van der Waals surface area contributed by atoms with Gasteiger partial charge in [0, 0.05) is 11.8 Å². The van der Waals surface area contributed by atoms with Gasteiger partial charge in [-0.05, 0) is 13.0 Å². The third-order valence-corrected chi connectivity index (χ3v) is 5.40. The summed E-state index contributed by atoms with van der Waals surface area (Å²) in [7, 11) is -4.32. The van der Waals surface area contributed by atoms with Gasteiger partial charge in [-0.3, -0.25) is 27.9 Å². The molecule has 2 atom stereocenters. The summed E-state index contributed by atoms with van der Waals surface area (Å²) in [4.78, 5) is 25.6. The fourth-order valence-corrected chi connectivity index (χ4v) is 4.14. The molecule has 1 aromatic heterocycles. The van der Waals surface area contributed by atoms with Crippen LogP contribution in [0.5, 0.6) is 0 Å². The van der Waals surface area contributed by atoms with Gasteiger partial charge in [-0.15, -0.1) is 0 Å². The maximum absolute atomic E-state index is 12.8. The van der Waals surface area contributed by atoms with E-state index in [2.05, 4.69) is 4.98 Å². The van der Waals surface area contributed by atoms with E-state index in [9.17, 15) is 14.2 Å². The molecule has 0 saturated carbocycles. The lowest BCUT2D eigenvalue weighted by molar-refractivity contribution is -0.0147. The van der Waals surface area contributed by atoms with E-state index in [1.54, 1.807) is 12.2 Å². The first-order chi connectivity index (χ1) is 13.7. The lowest BCUT2D eigenvalue weighted by atomic mass is 10.3. The third kappa shape index (κ3) is 8.64. The van der Waals surface area contributed by atoms with Crippen molar-refractivity contribution in [2.24, 2.45) is 0 Å². The van der Waals surface area contributed by atoms with Crippen LogP contribution in [-0.4, -0.2) is 43.1 Å². The van der Waals surface area contributed by atoms with Gasteiger partial charge >= 0.3 is 13.5 Å². The van der Waals surface area contributed by atoms with Crippen LogP contribution in [0.25, 0.3) is 0 Å². The number of phosphoric ester groups is 1. The number of nitrogens with one attached hydrogen (secondary N) is 1. The predicted octanol–water partition coefficient (Wildman–Crippen LogP) is 4.20. The fraction of sp³-hybridized carbons (Fsp3) is 0.571. The van der Waals surface area contributed by atoms with E-state index in [0.29, 0.717) is 5.56 Å². The van der Waals surface area contributed by atoms with Crippen LogP contribution >= 0.6 is 77.4 Å². The molecule has 0 aliphatic carbocycles. The minimum atomic E-state index is -4.32. The molecule has 0 saturated heterocycles. The van der Waals surface area contributed by atoms with Crippen LogP contribution < -0.4 is 11.2 Å². The Kier molecular flexibility index (Phi) is 9.22. The molecule has 170 valence electrons. The highest BCUT2D eigenvalue weighted by Crippen LogP contribution is 2.52. The molecule has 1 N–H and O–H groups in total. The van der Waals surface area contributed by atoms with Crippen molar-refractivity contribution in [2.45, 2.75) is 26.8 Å². The Morgan fingerprint density at radius 1 is 1.07 bits per heavy atom. The molecule has 0 radical (unpaired) electrons. The molecular weight excluding hydrogens is 552 g/mol. The van der Waals surface area contributed by atoms with Gasteiger partial charge < -0.3 is 4.74 Å². The zero-order valence-corrected chi connectivity index (χ0v) is 20.5. The number of ether oxygens (including phenoxy) is 1. The molecule has 2 heterocycles. The molecule has 1 aromatic rings. The number of halogens is 6. The number of H-pyrrole nitrogens is 1. The van der Waals surface area contributed by atoms with E-state index in [-0.39, 0.29) is 6.61 Å². The van der Waals surface area contributed by atoms with Crippen molar-refractivity contribution in [1.29, 1.82) is 0 Å².